The standard InChI is InChI=1S/C24H31FN2S/c1-19(22-10-12-23(25)13-11-22)27-20(2)24(14-17-28-18-15-24)26-16-6-9-21-7-4-3-5-8-21/h3-5,7-8,10-13,19,26-27H,2,6,9,14-18H2,1H3. The average molecular weight is 399 g/mol. The van der Waals surface area contributed by atoms with E-state index in [1.807, 2.05) is 23.9 Å². The number of nitrogens with one attached hydrogen (secondary N) is 2. The third kappa shape index (κ3) is 5.62. The van der Waals surface area contributed by atoms with Gasteiger partial charge in [-0.25, -0.2) is 4.39 Å². The molecule has 1 aliphatic rings. The van der Waals surface area contributed by atoms with E-state index in [0.29, 0.717) is 0 Å². The van der Waals surface area contributed by atoms with Gasteiger partial charge in [-0.2, -0.15) is 11.8 Å². The highest BCUT2D eigenvalue weighted by molar-refractivity contribution is 7.99. The van der Waals surface area contributed by atoms with Crippen molar-refractivity contribution in [2.24, 2.45) is 0 Å². The maximum absolute atomic E-state index is 13.2. The Balaban J connectivity index is 1.58. The first-order chi connectivity index (χ1) is 13.6. The lowest BCUT2D eigenvalue weighted by Gasteiger charge is -2.41. The van der Waals surface area contributed by atoms with Gasteiger partial charge in [0.15, 0.2) is 0 Å². The summed E-state index contributed by atoms with van der Waals surface area (Å²) in [7, 11) is 0. The summed E-state index contributed by atoms with van der Waals surface area (Å²) in [6.07, 6.45) is 4.38. The van der Waals surface area contributed by atoms with Crippen LogP contribution >= 0.6 is 11.8 Å². The van der Waals surface area contributed by atoms with Crippen molar-refractivity contribution in [1.29, 1.82) is 0 Å². The van der Waals surface area contributed by atoms with Crippen LogP contribution in [0.25, 0.3) is 0 Å². The van der Waals surface area contributed by atoms with Crippen LogP contribution in [0.4, 0.5) is 4.39 Å². The average Bonchev–Trinajstić information content (AvgIpc) is 2.73. The highest BCUT2D eigenvalue weighted by Gasteiger charge is 2.35. The Labute approximate surface area is 173 Å². The summed E-state index contributed by atoms with van der Waals surface area (Å²) in [6, 6.07) is 17.5. The normalized spacial score (nSPS) is 17.1. The Hall–Kier alpha value is -1.78. The number of halogens is 1. The van der Waals surface area contributed by atoms with Gasteiger partial charge in [0.25, 0.3) is 0 Å². The van der Waals surface area contributed by atoms with Crippen LogP contribution in [-0.4, -0.2) is 23.6 Å². The summed E-state index contributed by atoms with van der Waals surface area (Å²) in [6.45, 7) is 7.50. The quantitative estimate of drug-likeness (QED) is 0.547. The third-order valence-electron chi connectivity index (χ3n) is 5.63. The van der Waals surface area contributed by atoms with Crippen molar-refractivity contribution in [3.8, 4) is 0 Å². The van der Waals surface area contributed by atoms with Gasteiger partial charge in [0.05, 0.1) is 5.54 Å². The topological polar surface area (TPSA) is 24.1 Å². The predicted molar refractivity (Wildman–Crippen MR) is 119 cm³/mol. The molecule has 1 atom stereocenters. The number of thioether (sulfide) groups is 1. The van der Waals surface area contributed by atoms with Crippen LogP contribution in [0.15, 0.2) is 66.9 Å². The third-order valence-corrected chi connectivity index (χ3v) is 6.62. The summed E-state index contributed by atoms with van der Waals surface area (Å²) < 4.78 is 13.2. The molecule has 0 saturated carbocycles. The summed E-state index contributed by atoms with van der Waals surface area (Å²) in [5, 5.41) is 7.43. The molecule has 0 radical (unpaired) electrons. The number of benzene rings is 2. The second kappa shape index (κ2) is 10.1. The maximum atomic E-state index is 13.2. The lowest BCUT2D eigenvalue weighted by atomic mass is 9.87. The van der Waals surface area contributed by atoms with Gasteiger partial charge in [-0.3, -0.25) is 0 Å². The van der Waals surface area contributed by atoms with Crippen molar-refractivity contribution in [2.45, 2.75) is 44.2 Å². The smallest absolute Gasteiger partial charge is 0.123 e. The molecule has 0 bridgehead atoms. The zero-order chi connectivity index (χ0) is 19.8. The molecule has 2 aromatic rings. The molecule has 2 nitrogen and oxygen atoms in total. The molecule has 0 aromatic heterocycles. The molecule has 1 fully saturated rings. The molecule has 3 rings (SSSR count). The van der Waals surface area contributed by atoms with Crippen molar-refractivity contribution >= 4 is 11.8 Å². The van der Waals surface area contributed by atoms with Gasteiger partial charge in [-0.05, 0) is 73.9 Å². The number of hydrogen-bond donors (Lipinski definition) is 2. The molecule has 28 heavy (non-hydrogen) atoms. The molecule has 4 heteroatoms. The molecular formula is C24H31FN2S. The van der Waals surface area contributed by atoms with Gasteiger partial charge in [-0.1, -0.05) is 49.0 Å². The second-order valence-corrected chi connectivity index (χ2v) is 8.83. The Morgan fingerprint density at radius 2 is 1.79 bits per heavy atom. The Morgan fingerprint density at radius 1 is 1.11 bits per heavy atom. The van der Waals surface area contributed by atoms with Crippen LogP contribution < -0.4 is 10.6 Å². The van der Waals surface area contributed by atoms with Crippen molar-refractivity contribution in [3.63, 3.8) is 0 Å². The van der Waals surface area contributed by atoms with Crippen molar-refractivity contribution in [3.05, 3.63) is 83.8 Å². The molecule has 0 amide bonds. The number of rotatable bonds is 9. The van der Waals surface area contributed by atoms with Crippen LogP contribution in [0.1, 0.15) is 43.4 Å². The van der Waals surface area contributed by atoms with E-state index >= 15 is 0 Å². The SMILES string of the molecule is C=C(NC(C)c1ccc(F)cc1)C1(NCCCc2ccccc2)CCSCC1. The predicted octanol–water partition coefficient (Wildman–Crippen LogP) is 5.48. The molecule has 1 saturated heterocycles. The van der Waals surface area contributed by atoms with Crippen molar-refractivity contribution < 1.29 is 4.39 Å². The summed E-state index contributed by atoms with van der Waals surface area (Å²) in [4.78, 5) is 0. The zero-order valence-electron chi connectivity index (χ0n) is 16.7. The van der Waals surface area contributed by atoms with Crippen LogP contribution in [0.3, 0.4) is 0 Å². The zero-order valence-corrected chi connectivity index (χ0v) is 17.5. The molecule has 2 N–H and O–H groups in total. The Bertz CT molecular complexity index is 739. The summed E-state index contributed by atoms with van der Waals surface area (Å²) >= 11 is 2.02. The van der Waals surface area contributed by atoms with Gasteiger partial charge in [0, 0.05) is 11.7 Å². The minimum Gasteiger partial charge on any atom is -0.381 e. The van der Waals surface area contributed by atoms with Gasteiger partial charge in [0.1, 0.15) is 5.82 Å². The van der Waals surface area contributed by atoms with Gasteiger partial charge >= 0.3 is 0 Å². The van der Waals surface area contributed by atoms with Crippen LogP contribution in [0.5, 0.6) is 0 Å². The van der Waals surface area contributed by atoms with E-state index in [2.05, 4.69) is 54.5 Å². The van der Waals surface area contributed by atoms with E-state index < -0.39 is 0 Å². The Morgan fingerprint density at radius 3 is 2.46 bits per heavy atom. The molecular weight excluding hydrogens is 367 g/mol. The fraction of sp³-hybridized carbons (Fsp3) is 0.417. The maximum Gasteiger partial charge on any atom is 0.123 e. The monoisotopic (exact) mass is 398 g/mol. The van der Waals surface area contributed by atoms with E-state index in [1.165, 1.54) is 17.7 Å². The largest absolute Gasteiger partial charge is 0.381 e. The molecule has 1 heterocycles. The van der Waals surface area contributed by atoms with Crippen molar-refractivity contribution in [2.75, 3.05) is 18.1 Å². The molecule has 1 unspecified atom stereocenters. The Kier molecular flexibility index (Phi) is 7.57. The summed E-state index contributed by atoms with van der Waals surface area (Å²) in [5.74, 6) is 2.10. The fourth-order valence-electron chi connectivity index (χ4n) is 3.80. The van der Waals surface area contributed by atoms with E-state index in [0.717, 1.165) is 55.0 Å². The molecule has 0 spiro atoms. The lowest BCUT2D eigenvalue weighted by Crippen LogP contribution is -2.53. The molecule has 1 aliphatic heterocycles. The van der Waals surface area contributed by atoms with Gasteiger partial charge < -0.3 is 10.6 Å². The van der Waals surface area contributed by atoms with Crippen LogP contribution in [-0.2, 0) is 6.42 Å². The van der Waals surface area contributed by atoms with E-state index in [-0.39, 0.29) is 17.4 Å². The highest BCUT2D eigenvalue weighted by Crippen LogP contribution is 2.32. The molecule has 2 aromatic carbocycles. The fourth-order valence-corrected chi connectivity index (χ4v) is 4.99. The van der Waals surface area contributed by atoms with Gasteiger partial charge in [0.2, 0.25) is 0 Å². The first kappa shape index (κ1) is 20.9. The van der Waals surface area contributed by atoms with E-state index in [1.54, 1.807) is 0 Å². The molecule has 150 valence electrons. The van der Waals surface area contributed by atoms with Gasteiger partial charge in [-0.15, -0.1) is 0 Å². The minimum atomic E-state index is -0.198. The second-order valence-electron chi connectivity index (χ2n) is 7.61. The lowest BCUT2D eigenvalue weighted by molar-refractivity contribution is 0.328. The van der Waals surface area contributed by atoms with E-state index in [9.17, 15) is 4.39 Å². The van der Waals surface area contributed by atoms with Crippen LogP contribution in [0, 0.1) is 5.82 Å². The minimum absolute atomic E-state index is 0.0593. The van der Waals surface area contributed by atoms with Crippen molar-refractivity contribution in [1.82, 2.24) is 10.6 Å². The molecule has 0 aliphatic carbocycles. The first-order valence-electron chi connectivity index (χ1n) is 10.2. The highest BCUT2D eigenvalue weighted by atomic mass is 32.2. The van der Waals surface area contributed by atoms with E-state index in [4.69, 9.17) is 0 Å². The first-order valence-corrected chi connectivity index (χ1v) is 11.3. The summed E-state index contributed by atoms with van der Waals surface area (Å²) in [5.41, 5.74) is 3.46. The van der Waals surface area contributed by atoms with Crippen LogP contribution in [0.2, 0.25) is 0 Å². The number of aryl methyl sites for hydroxylation is 1. The number of hydrogen-bond acceptors (Lipinski definition) is 3.